The highest BCUT2D eigenvalue weighted by atomic mass is 16.5. The summed E-state index contributed by atoms with van der Waals surface area (Å²) in [6.07, 6.45) is 13.4. The molecule has 2 rings (SSSR count). The average Bonchev–Trinajstić information content (AvgIpc) is 3.02. The van der Waals surface area contributed by atoms with Crippen LogP contribution in [0, 0.1) is 17.8 Å². The zero-order chi connectivity index (χ0) is 21.1. The fourth-order valence-electron chi connectivity index (χ4n) is 4.44. The highest BCUT2D eigenvalue weighted by Gasteiger charge is 2.34. The molecule has 1 aromatic heterocycles. The standard InChI is InChI=1S/C23H38N2O4/c1-18-16-19(2)20(17-18)22(27)29-15-11-9-7-5-3-4-6-8-10-14-25-21(26)12-13-24-23(25)28/h12-13,18-20H,3-11,14-17H2,1-2H3,(H,24,28). The fourth-order valence-corrected chi connectivity index (χ4v) is 4.44. The SMILES string of the molecule is CC1CC(C)C(C(=O)OCCCCCCCCCCCn2c(=O)cc[nH]c2=O)C1. The molecule has 1 saturated carbocycles. The second-order valence-corrected chi connectivity index (χ2v) is 8.78. The lowest BCUT2D eigenvalue weighted by Gasteiger charge is -2.14. The number of rotatable bonds is 13. The van der Waals surface area contributed by atoms with E-state index in [4.69, 9.17) is 4.74 Å². The highest BCUT2D eigenvalue weighted by Crippen LogP contribution is 2.36. The number of hydrogen-bond acceptors (Lipinski definition) is 4. The molecule has 0 aliphatic heterocycles. The van der Waals surface area contributed by atoms with Crippen LogP contribution in [0.5, 0.6) is 0 Å². The monoisotopic (exact) mass is 406 g/mol. The minimum Gasteiger partial charge on any atom is -0.465 e. The molecule has 6 heteroatoms. The number of nitrogens with one attached hydrogen (secondary N) is 1. The quantitative estimate of drug-likeness (QED) is 0.392. The van der Waals surface area contributed by atoms with Crippen molar-refractivity contribution in [2.24, 2.45) is 17.8 Å². The molecule has 1 aromatic rings. The van der Waals surface area contributed by atoms with Gasteiger partial charge in [0.05, 0.1) is 12.5 Å². The minimum atomic E-state index is -0.324. The van der Waals surface area contributed by atoms with Crippen LogP contribution in [0.1, 0.15) is 84.5 Å². The van der Waals surface area contributed by atoms with Gasteiger partial charge in [0.1, 0.15) is 0 Å². The van der Waals surface area contributed by atoms with Gasteiger partial charge in [-0.05, 0) is 37.5 Å². The highest BCUT2D eigenvalue weighted by molar-refractivity contribution is 5.73. The topological polar surface area (TPSA) is 81.2 Å². The summed E-state index contributed by atoms with van der Waals surface area (Å²) in [5.41, 5.74) is -0.553. The van der Waals surface area contributed by atoms with Gasteiger partial charge >= 0.3 is 11.7 Å². The first kappa shape index (κ1) is 23.4. The van der Waals surface area contributed by atoms with Gasteiger partial charge in [-0.25, -0.2) is 4.79 Å². The van der Waals surface area contributed by atoms with Crippen LogP contribution in [0.4, 0.5) is 0 Å². The molecular weight excluding hydrogens is 368 g/mol. The van der Waals surface area contributed by atoms with Crippen LogP contribution >= 0.6 is 0 Å². The van der Waals surface area contributed by atoms with E-state index in [-0.39, 0.29) is 23.1 Å². The van der Waals surface area contributed by atoms with Gasteiger partial charge in [0, 0.05) is 18.8 Å². The summed E-state index contributed by atoms with van der Waals surface area (Å²) in [6.45, 7) is 5.44. The molecule has 1 heterocycles. The van der Waals surface area contributed by atoms with Gasteiger partial charge < -0.3 is 9.72 Å². The second kappa shape index (κ2) is 12.7. The number of hydrogen-bond donors (Lipinski definition) is 1. The summed E-state index contributed by atoms with van der Waals surface area (Å²) in [4.78, 5) is 37.8. The van der Waals surface area contributed by atoms with Crippen LogP contribution in [-0.2, 0) is 16.1 Å². The molecule has 0 radical (unpaired) electrons. The Morgan fingerprint density at radius 1 is 1.00 bits per heavy atom. The van der Waals surface area contributed by atoms with Crippen molar-refractivity contribution in [1.82, 2.24) is 9.55 Å². The largest absolute Gasteiger partial charge is 0.465 e. The van der Waals surface area contributed by atoms with Crippen LogP contribution in [0.3, 0.4) is 0 Å². The zero-order valence-electron chi connectivity index (χ0n) is 18.2. The van der Waals surface area contributed by atoms with Crippen molar-refractivity contribution in [2.45, 2.75) is 91.0 Å². The van der Waals surface area contributed by atoms with Gasteiger partial charge in [-0.3, -0.25) is 14.2 Å². The van der Waals surface area contributed by atoms with Crippen LogP contribution in [-0.4, -0.2) is 22.1 Å². The van der Waals surface area contributed by atoms with Gasteiger partial charge in [0.2, 0.25) is 0 Å². The molecule has 1 N–H and O–H groups in total. The number of aromatic nitrogens is 2. The third-order valence-corrected chi connectivity index (χ3v) is 6.13. The van der Waals surface area contributed by atoms with Gasteiger partial charge in [-0.2, -0.15) is 0 Å². The minimum absolute atomic E-state index is 0.0154. The predicted octanol–water partition coefficient (Wildman–Crippen LogP) is 4.27. The Kier molecular flexibility index (Phi) is 10.2. The smallest absolute Gasteiger partial charge is 0.328 e. The van der Waals surface area contributed by atoms with Gasteiger partial charge in [-0.15, -0.1) is 0 Å². The maximum Gasteiger partial charge on any atom is 0.328 e. The molecule has 1 fully saturated rings. The molecule has 6 nitrogen and oxygen atoms in total. The predicted molar refractivity (Wildman–Crippen MR) is 115 cm³/mol. The molecule has 0 saturated heterocycles. The third kappa shape index (κ3) is 8.19. The summed E-state index contributed by atoms with van der Waals surface area (Å²) in [7, 11) is 0. The van der Waals surface area contributed by atoms with E-state index < -0.39 is 0 Å². The summed E-state index contributed by atoms with van der Waals surface area (Å²) in [6, 6.07) is 1.39. The Morgan fingerprint density at radius 2 is 1.62 bits per heavy atom. The van der Waals surface area contributed by atoms with Crippen LogP contribution < -0.4 is 11.2 Å². The first-order chi connectivity index (χ1) is 14.0. The first-order valence-electron chi connectivity index (χ1n) is 11.4. The van der Waals surface area contributed by atoms with Crippen LogP contribution in [0.2, 0.25) is 0 Å². The number of H-pyrrole nitrogens is 1. The number of ether oxygens (including phenoxy) is 1. The third-order valence-electron chi connectivity index (χ3n) is 6.13. The Labute approximate surface area is 174 Å². The summed E-state index contributed by atoms with van der Waals surface area (Å²) < 4.78 is 6.75. The molecule has 3 unspecified atom stereocenters. The average molecular weight is 407 g/mol. The Bertz CT molecular complexity index is 696. The summed E-state index contributed by atoms with van der Waals surface area (Å²) in [5, 5.41) is 0. The van der Waals surface area contributed by atoms with E-state index in [9.17, 15) is 14.4 Å². The lowest BCUT2D eigenvalue weighted by molar-refractivity contribution is -0.149. The van der Waals surface area contributed by atoms with Gasteiger partial charge in [-0.1, -0.05) is 58.8 Å². The van der Waals surface area contributed by atoms with Crippen LogP contribution in [0.15, 0.2) is 21.9 Å². The van der Waals surface area contributed by atoms with Crippen molar-refractivity contribution < 1.29 is 9.53 Å². The second-order valence-electron chi connectivity index (χ2n) is 8.78. The zero-order valence-corrected chi connectivity index (χ0v) is 18.2. The number of carbonyl (C=O) groups excluding carboxylic acids is 1. The molecule has 0 spiro atoms. The van der Waals surface area contributed by atoms with E-state index in [2.05, 4.69) is 18.8 Å². The fraction of sp³-hybridized carbons (Fsp3) is 0.783. The molecule has 164 valence electrons. The maximum atomic E-state index is 12.1. The molecule has 1 aliphatic carbocycles. The van der Waals surface area contributed by atoms with Gasteiger partial charge in [0.25, 0.3) is 5.56 Å². The van der Waals surface area contributed by atoms with E-state index >= 15 is 0 Å². The van der Waals surface area contributed by atoms with Crippen molar-refractivity contribution in [2.75, 3.05) is 6.61 Å². The van der Waals surface area contributed by atoms with E-state index in [0.717, 1.165) is 44.9 Å². The Morgan fingerprint density at radius 3 is 2.21 bits per heavy atom. The molecule has 0 bridgehead atoms. The van der Waals surface area contributed by atoms with E-state index in [1.807, 2.05) is 0 Å². The Balaban J connectivity index is 1.39. The van der Waals surface area contributed by atoms with Gasteiger partial charge in [0.15, 0.2) is 0 Å². The normalized spacial score (nSPS) is 21.4. The molecule has 1 aliphatic rings. The molecule has 3 atom stereocenters. The van der Waals surface area contributed by atoms with Crippen molar-refractivity contribution in [1.29, 1.82) is 0 Å². The van der Waals surface area contributed by atoms with Crippen molar-refractivity contribution in [3.63, 3.8) is 0 Å². The van der Waals surface area contributed by atoms with E-state index in [1.54, 1.807) is 0 Å². The first-order valence-corrected chi connectivity index (χ1v) is 11.4. The van der Waals surface area contributed by atoms with E-state index in [1.165, 1.54) is 42.5 Å². The number of nitrogens with zero attached hydrogens (tertiary/aromatic N) is 1. The molecule has 0 amide bonds. The number of carbonyl (C=O) groups is 1. The van der Waals surface area contributed by atoms with E-state index in [0.29, 0.717) is 25.0 Å². The summed E-state index contributed by atoms with van der Waals surface area (Å²) >= 11 is 0. The van der Waals surface area contributed by atoms with Crippen molar-refractivity contribution in [3.8, 4) is 0 Å². The maximum absolute atomic E-state index is 12.1. The van der Waals surface area contributed by atoms with Crippen molar-refractivity contribution in [3.05, 3.63) is 33.1 Å². The molecular formula is C23H38N2O4. The lowest BCUT2D eigenvalue weighted by Crippen LogP contribution is -2.33. The number of esters is 1. The molecule has 29 heavy (non-hydrogen) atoms. The van der Waals surface area contributed by atoms with Crippen LogP contribution in [0.25, 0.3) is 0 Å². The van der Waals surface area contributed by atoms with Crippen molar-refractivity contribution >= 4 is 5.97 Å². The Hall–Kier alpha value is -1.85. The lowest BCUT2D eigenvalue weighted by atomic mass is 9.99. The number of unbranched alkanes of at least 4 members (excludes halogenated alkanes) is 8. The molecule has 0 aromatic carbocycles. The summed E-state index contributed by atoms with van der Waals surface area (Å²) in [5.74, 6) is 1.24. The number of aromatic amines is 1.